The van der Waals surface area contributed by atoms with Crippen molar-refractivity contribution in [2.45, 2.75) is 45.1 Å². The third-order valence-electron chi connectivity index (χ3n) is 3.73. The van der Waals surface area contributed by atoms with Crippen LogP contribution in [0.5, 0.6) is 0 Å². The predicted molar refractivity (Wildman–Crippen MR) is 72.2 cm³/mol. The first-order chi connectivity index (χ1) is 8.66. The summed E-state index contributed by atoms with van der Waals surface area (Å²) in [6.45, 7) is 2.09. The summed E-state index contributed by atoms with van der Waals surface area (Å²) >= 11 is 0. The molecule has 0 spiro atoms. The molecule has 4 nitrogen and oxygen atoms in total. The minimum Gasteiger partial charge on any atom is -0.397 e. The van der Waals surface area contributed by atoms with Crippen LogP contribution >= 0.6 is 0 Å². The zero-order chi connectivity index (χ0) is 13.0. The van der Waals surface area contributed by atoms with E-state index < -0.39 is 0 Å². The average molecular weight is 247 g/mol. The van der Waals surface area contributed by atoms with Crippen molar-refractivity contribution in [3.05, 3.63) is 24.0 Å². The Bertz CT molecular complexity index is 396. The Balaban J connectivity index is 1.91. The Hall–Kier alpha value is -1.58. The van der Waals surface area contributed by atoms with Crippen LogP contribution < -0.4 is 11.1 Å². The van der Waals surface area contributed by atoms with Crippen LogP contribution in [0.2, 0.25) is 0 Å². The molecule has 0 unspecified atom stereocenters. The fourth-order valence-electron chi connectivity index (χ4n) is 2.57. The standard InChI is InChI=1S/C14H21N3O/c1-10(11-5-3-2-4-6-11)17-14(18)13-8-7-12(15)9-16-13/h7-11H,2-6,15H2,1H3,(H,17,18)/t10-/m1/s1. The van der Waals surface area contributed by atoms with Crippen molar-refractivity contribution in [1.82, 2.24) is 10.3 Å². The molecule has 1 saturated carbocycles. The first-order valence-electron chi connectivity index (χ1n) is 6.69. The smallest absolute Gasteiger partial charge is 0.270 e. The summed E-state index contributed by atoms with van der Waals surface area (Å²) in [6.07, 6.45) is 7.85. The van der Waals surface area contributed by atoms with Gasteiger partial charge >= 0.3 is 0 Å². The van der Waals surface area contributed by atoms with E-state index in [1.807, 2.05) is 0 Å². The fourth-order valence-corrected chi connectivity index (χ4v) is 2.57. The number of hydrogen-bond donors (Lipinski definition) is 2. The first kappa shape index (κ1) is 12.9. The highest BCUT2D eigenvalue weighted by atomic mass is 16.1. The van der Waals surface area contributed by atoms with Crippen molar-refractivity contribution in [2.24, 2.45) is 5.92 Å². The highest BCUT2D eigenvalue weighted by Gasteiger charge is 2.22. The highest BCUT2D eigenvalue weighted by molar-refractivity contribution is 5.92. The molecule has 1 aromatic rings. The van der Waals surface area contributed by atoms with Crippen molar-refractivity contribution >= 4 is 11.6 Å². The van der Waals surface area contributed by atoms with E-state index in [9.17, 15) is 4.79 Å². The molecule has 3 N–H and O–H groups in total. The molecule has 1 fully saturated rings. The Kier molecular flexibility index (Phi) is 4.18. The molecule has 0 aliphatic heterocycles. The monoisotopic (exact) mass is 247 g/mol. The van der Waals surface area contributed by atoms with E-state index in [1.165, 1.54) is 38.3 Å². The lowest BCUT2D eigenvalue weighted by Gasteiger charge is -2.28. The van der Waals surface area contributed by atoms with Crippen LogP contribution in [0.4, 0.5) is 5.69 Å². The molecule has 98 valence electrons. The molecule has 0 bridgehead atoms. The molecule has 0 saturated heterocycles. The third kappa shape index (κ3) is 3.22. The van der Waals surface area contributed by atoms with E-state index in [2.05, 4.69) is 17.2 Å². The fraction of sp³-hybridized carbons (Fsp3) is 0.571. The van der Waals surface area contributed by atoms with Gasteiger partial charge in [0.25, 0.3) is 5.91 Å². The number of amides is 1. The quantitative estimate of drug-likeness (QED) is 0.861. The lowest BCUT2D eigenvalue weighted by Crippen LogP contribution is -2.39. The average Bonchev–Trinajstić information content (AvgIpc) is 2.40. The van der Waals surface area contributed by atoms with Gasteiger partial charge in [-0.1, -0.05) is 19.3 Å². The summed E-state index contributed by atoms with van der Waals surface area (Å²) < 4.78 is 0. The van der Waals surface area contributed by atoms with Gasteiger partial charge < -0.3 is 11.1 Å². The molecule has 0 radical (unpaired) electrons. The summed E-state index contributed by atoms with van der Waals surface area (Å²) in [4.78, 5) is 16.0. The number of nitrogens with one attached hydrogen (secondary N) is 1. The van der Waals surface area contributed by atoms with Crippen LogP contribution in [0.25, 0.3) is 0 Å². The van der Waals surface area contributed by atoms with Crippen molar-refractivity contribution in [2.75, 3.05) is 5.73 Å². The van der Waals surface area contributed by atoms with Crippen molar-refractivity contribution in [3.63, 3.8) is 0 Å². The predicted octanol–water partition coefficient (Wildman–Crippen LogP) is 2.36. The van der Waals surface area contributed by atoms with Crippen molar-refractivity contribution < 1.29 is 4.79 Å². The maximum Gasteiger partial charge on any atom is 0.270 e. The molecule has 1 aliphatic rings. The van der Waals surface area contributed by atoms with Gasteiger partial charge in [0, 0.05) is 6.04 Å². The molecular formula is C14H21N3O. The Morgan fingerprint density at radius 2 is 2.11 bits per heavy atom. The van der Waals surface area contributed by atoms with Gasteiger partial charge in [-0.15, -0.1) is 0 Å². The lowest BCUT2D eigenvalue weighted by molar-refractivity contribution is 0.0914. The number of hydrogen-bond acceptors (Lipinski definition) is 3. The topological polar surface area (TPSA) is 68.0 Å². The van der Waals surface area contributed by atoms with E-state index in [0.717, 1.165) is 0 Å². The van der Waals surface area contributed by atoms with Crippen LogP contribution in [0.15, 0.2) is 18.3 Å². The maximum atomic E-state index is 12.0. The molecule has 1 heterocycles. The van der Waals surface area contributed by atoms with E-state index in [0.29, 0.717) is 17.3 Å². The second-order valence-corrected chi connectivity index (χ2v) is 5.14. The van der Waals surface area contributed by atoms with E-state index >= 15 is 0 Å². The molecule has 4 heteroatoms. The van der Waals surface area contributed by atoms with Gasteiger partial charge in [-0.2, -0.15) is 0 Å². The molecule has 0 aromatic carbocycles. The molecule has 1 amide bonds. The molecule has 1 aromatic heterocycles. The second kappa shape index (κ2) is 5.85. The molecule has 2 rings (SSSR count). The molecule has 1 atom stereocenters. The summed E-state index contributed by atoms with van der Waals surface area (Å²) in [5.41, 5.74) is 6.56. The van der Waals surface area contributed by atoms with Crippen LogP contribution in [0, 0.1) is 5.92 Å². The number of aromatic nitrogens is 1. The van der Waals surface area contributed by atoms with Gasteiger partial charge in [0.2, 0.25) is 0 Å². The first-order valence-corrected chi connectivity index (χ1v) is 6.69. The third-order valence-corrected chi connectivity index (χ3v) is 3.73. The number of anilines is 1. The maximum absolute atomic E-state index is 12.0. The second-order valence-electron chi connectivity index (χ2n) is 5.14. The largest absolute Gasteiger partial charge is 0.397 e. The Morgan fingerprint density at radius 3 is 2.72 bits per heavy atom. The van der Waals surface area contributed by atoms with Crippen molar-refractivity contribution in [3.8, 4) is 0 Å². The van der Waals surface area contributed by atoms with E-state index in [-0.39, 0.29) is 11.9 Å². The lowest BCUT2D eigenvalue weighted by atomic mass is 9.84. The van der Waals surface area contributed by atoms with Crippen molar-refractivity contribution in [1.29, 1.82) is 0 Å². The molecule has 1 aliphatic carbocycles. The van der Waals surface area contributed by atoms with E-state index in [1.54, 1.807) is 12.1 Å². The van der Waals surface area contributed by atoms with Gasteiger partial charge in [0.05, 0.1) is 11.9 Å². The summed E-state index contributed by atoms with van der Waals surface area (Å²) in [7, 11) is 0. The summed E-state index contributed by atoms with van der Waals surface area (Å²) in [5.74, 6) is 0.504. The minimum absolute atomic E-state index is 0.104. The summed E-state index contributed by atoms with van der Waals surface area (Å²) in [5, 5.41) is 3.04. The van der Waals surface area contributed by atoms with Crippen LogP contribution in [0.1, 0.15) is 49.5 Å². The van der Waals surface area contributed by atoms with Gasteiger partial charge in [-0.3, -0.25) is 4.79 Å². The van der Waals surface area contributed by atoms with E-state index in [4.69, 9.17) is 5.73 Å². The normalized spacial score (nSPS) is 18.3. The number of nitrogens with zero attached hydrogens (tertiary/aromatic N) is 1. The van der Waals surface area contributed by atoms with Gasteiger partial charge in [0.1, 0.15) is 5.69 Å². The zero-order valence-corrected chi connectivity index (χ0v) is 10.9. The van der Waals surface area contributed by atoms with Gasteiger partial charge in [-0.25, -0.2) is 4.98 Å². The molecule has 18 heavy (non-hydrogen) atoms. The van der Waals surface area contributed by atoms with Gasteiger partial charge in [-0.05, 0) is 37.8 Å². The Morgan fingerprint density at radius 1 is 1.39 bits per heavy atom. The number of carbonyl (C=O) groups excluding carboxylic acids is 1. The SMILES string of the molecule is C[C@@H](NC(=O)c1ccc(N)cn1)C1CCCCC1. The number of pyridine rings is 1. The minimum atomic E-state index is -0.104. The van der Waals surface area contributed by atoms with Crippen LogP contribution in [0.3, 0.4) is 0 Å². The highest BCUT2D eigenvalue weighted by Crippen LogP contribution is 2.26. The van der Waals surface area contributed by atoms with Crippen LogP contribution in [-0.2, 0) is 0 Å². The van der Waals surface area contributed by atoms with Crippen LogP contribution in [-0.4, -0.2) is 16.9 Å². The number of carbonyl (C=O) groups is 1. The summed E-state index contributed by atoms with van der Waals surface area (Å²) in [6, 6.07) is 3.59. The van der Waals surface area contributed by atoms with Gasteiger partial charge in [0.15, 0.2) is 0 Å². The number of nitrogens with two attached hydrogens (primary N) is 1. The number of rotatable bonds is 3. The number of nitrogen functional groups attached to an aromatic ring is 1. The Labute approximate surface area is 108 Å². The zero-order valence-electron chi connectivity index (χ0n) is 10.9. The molecular weight excluding hydrogens is 226 g/mol.